The van der Waals surface area contributed by atoms with Crippen LogP contribution in [0.15, 0.2) is 16.8 Å². The Morgan fingerprint density at radius 2 is 2.36 bits per heavy atom. The zero-order valence-electron chi connectivity index (χ0n) is 5.28. The quantitative estimate of drug-likeness (QED) is 0.448. The standard InChI is InChI=1S/C5H3ClN2O3/c6-5-4(9)1-3(7-5)2-8(10)11/h1H,2H2. The number of aliphatic imine (C=N–C) groups is 1. The lowest BCUT2D eigenvalue weighted by Gasteiger charge is -1.86. The molecule has 1 aliphatic heterocycles. The molecule has 0 aromatic rings. The van der Waals surface area contributed by atoms with Gasteiger partial charge in [0.2, 0.25) is 12.3 Å². The van der Waals surface area contributed by atoms with Crippen LogP contribution in [0.5, 0.6) is 0 Å². The summed E-state index contributed by atoms with van der Waals surface area (Å²) in [6.45, 7) is -0.456. The van der Waals surface area contributed by atoms with E-state index in [0.29, 0.717) is 0 Å². The summed E-state index contributed by atoms with van der Waals surface area (Å²) in [7, 11) is 0. The lowest BCUT2D eigenvalue weighted by atomic mass is 10.4. The molecule has 0 saturated carbocycles. The third-order valence-corrected chi connectivity index (χ3v) is 1.30. The first-order chi connectivity index (χ1) is 5.09. The normalized spacial score (nSPS) is 16.3. The Kier molecular flexibility index (Phi) is 2.00. The monoisotopic (exact) mass is 174 g/mol. The van der Waals surface area contributed by atoms with Crippen molar-refractivity contribution in [2.24, 2.45) is 4.99 Å². The molecular weight excluding hydrogens is 172 g/mol. The van der Waals surface area contributed by atoms with Crippen LogP contribution < -0.4 is 0 Å². The van der Waals surface area contributed by atoms with Crippen molar-refractivity contribution in [3.8, 4) is 0 Å². The van der Waals surface area contributed by atoms with E-state index in [4.69, 9.17) is 11.6 Å². The molecule has 0 atom stereocenters. The van der Waals surface area contributed by atoms with Gasteiger partial charge in [-0.3, -0.25) is 14.9 Å². The summed E-state index contributed by atoms with van der Waals surface area (Å²) < 4.78 is 0. The van der Waals surface area contributed by atoms with Crippen LogP contribution >= 0.6 is 11.6 Å². The number of carbonyl (C=O) groups excluding carboxylic acids is 1. The van der Waals surface area contributed by atoms with Crippen molar-refractivity contribution < 1.29 is 9.72 Å². The molecule has 0 amide bonds. The number of nitro groups is 1. The number of hydrogen-bond donors (Lipinski definition) is 0. The molecule has 11 heavy (non-hydrogen) atoms. The molecule has 5 nitrogen and oxygen atoms in total. The molecule has 0 fully saturated rings. The summed E-state index contributed by atoms with van der Waals surface area (Å²) in [4.78, 5) is 23.4. The Morgan fingerprint density at radius 1 is 1.73 bits per heavy atom. The molecule has 0 spiro atoms. The highest BCUT2D eigenvalue weighted by Gasteiger charge is 2.18. The second kappa shape index (κ2) is 2.79. The molecule has 0 aromatic carbocycles. The lowest BCUT2D eigenvalue weighted by molar-refractivity contribution is -0.470. The lowest BCUT2D eigenvalue weighted by Crippen LogP contribution is -2.01. The highest BCUT2D eigenvalue weighted by atomic mass is 35.5. The maximum Gasteiger partial charge on any atom is 0.245 e. The highest BCUT2D eigenvalue weighted by molar-refractivity contribution is 6.85. The van der Waals surface area contributed by atoms with Crippen LogP contribution in [0.25, 0.3) is 0 Å². The molecule has 0 unspecified atom stereocenters. The van der Waals surface area contributed by atoms with Crippen molar-refractivity contribution in [2.75, 3.05) is 6.54 Å². The minimum Gasteiger partial charge on any atom is -0.286 e. The molecule has 1 rings (SSSR count). The molecule has 0 aromatic heterocycles. The van der Waals surface area contributed by atoms with E-state index in [1.165, 1.54) is 0 Å². The zero-order valence-corrected chi connectivity index (χ0v) is 6.04. The van der Waals surface area contributed by atoms with E-state index >= 15 is 0 Å². The average Bonchev–Trinajstić information content (AvgIpc) is 2.10. The van der Waals surface area contributed by atoms with Crippen LogP contribution in [-0.4, -0.2) is 22.4 Å². The molecule has 0 bridgehead atoms. The number of nitrogens with zero attached hydrogens (tertiary/aromatic N) is 2. The third kappa shape index (κ3) is 1.84. The smallest absolute Gasteiger partial charge is 0.245 e. The van der Waals surface area contributed by atoms with Crippen LogP contribution in [0.2, 0.25) is 0 Å². The van der Waals surface area contributed by atoms with E-state index in [1.807, 2.05) is 0 Å². The Balaban J connectivity index is 2.71. The van der Waals surface area contributed by atoms with Crippen LogP contribution in [0.1, 0.15) is 0 Å². The molecule has 0 N–H and O–H groups in total. The van der Waals surface area contributed by atoms with Gasteiger partial charge in [-0.1, -0.05) is 11.6 Å². The van der Waals surface area contributed by atoms with Crippen molar-refractivity contribution in [1.82, 2.24) is 0 Å². The number of rotatable bonds is 2. The SMILES string of the molecule is O=C1C=C(C[N+](=O)[O-])N=C1Cl. The van der Waals surface area contributed by atoms with Crippen LogP contribution in [0, 0.1) is 10.1 Å². The predicted molar refractivity (Wildman–Crippen MR) is 38.2 cm³/mol. The van der Waals surface area contributed by atoms with E-state index < -0.39 is 17.3 Å². The maximum absolute atomic E-state index is 10.6. The van der Waals surface area contributed by atoms with Crippen molar-refractivity contribution in [3.63, 3.8) is 0 Å². The molecule has 0 aliphatic carbocycles. The maximum atomic E-state index is 10.6. The van der Waals surface area contributed by atoms with Gasteiger partial charge in [0.25, 0.3) is 0 Å². The van der Waals surface area contributed by atoms with Crippen molar-refractivity contribution in [2.45, 2.75) is 0 Å². The van der Waals surface area contributed by atoms with Gasteiger partial charge >= 0.3 is 0 Å². The van der Waals surface area contributed by atoms with Gasteiger partial charge in [0.05, 0.1) is 0 Å². The summed E-state index contributed by atoms with van der Waals surface area (Å²) in [6.07, 6.45) is 1.06. The van der Waals surface area contributed by atoms with Gasteiger partial charge in [-0.05, 0) is 0 Å². The third-order valence-electron chi connectivity index (χ3n) is 1.03. The fourth-order valence-corrected chi connectivity index (χ4v) is 0.801. The number of halogens is 1. The van der Waals surface area contributed by atoms with Gasteiger partial charge in [-0.15, -0.1) is 0 Å². The fraction of sp³-hybridized carbons (Fsp3) is 0.200. The van der Waals surface area contributed by atoms with Crippen molar-refractivity contribution >= 4 is 22.6 Å². The first-order valence-corrected chi connectivity index (χ1v) is 3.08. The van der Waals surface area contributed by atoms with Crippen LogP contribution in [0.3, 0.4) is 0 Å². The minimum atomic E-state index is -0.571. The first kappa shape index (κ1) is 7.87. The van der Waals surface area contributed by atoms with Crippen LogP contribution in [-0.2, 0) is 4.79 Å². The average molecular weight is 175 g/mol. The second-order valence-electron chi connectivity index (χ2n) is 1.89. The molecular formula is C5H3ClN2O3. The second-order valence-corrected chi connectivity index (χ2v) is 2.25. The largest absolute Gasteiger partial charge is 0.286 e. The Hall–Kier alpha value is -1.23. The zero-order chi connectivity index (χ0) is 8.43. The van der Waals surface area contributed by atoms with Gasteiger partial charge in [0.15, 0.2) is 5.17 Å². The molecule has 0 radical (unpaired) electrons. The Labute approximate surface area is 66.5 Å². The van der Waals surface area contributed by atoms with Gasteiger partial charge in [0.1, 0.15) is 5.70 Å². The first-order valence-electron chi connectivity index (χ1n) is 2.70. The van der Waals surface area contributed by atoms with Crippen molar-refractivity contribution in [3.05, 3.63) is 21.9 Å². The Morgan fingerprint density at radius 3 is 2.73 bits per heavy atom. The van der Waals surface area contributed by atoms with E-state index in [2.05, 4.69) is 4.99 Å². The van der Waals surface area contributed by atoms with Gasteiger partial charge in [-0.2, -0.15) is 0 Å². The van der Waals surface area contributed by atoms with Gasteiger partial charge < -0.3 is 0 Å². The number of allylic oxidation sites excluding steroid dienone is 1. The van der Waals surface area contributed by atoms with Gasteiger partial charge in [0, 0.05) is 11.0 Å². The van der Waals surface area contributed by atoms with Crippen molar-refractivity contribution in [1.29, 1.82) is 0 Å². The fourth-order valence-electron chi connectivity index (χ4n) is 0.638. The number of ketones is 1. The van der Waals surface area contributed by atoms with E-state index in [1.54, 1.807) is 0 Å². The topological polar surface area (TPSA) is 72.6 Å². The summed E-state index contributed by atoms with van der Waals surface area (Å²) in [5.41, 5.74) is 0.102. The summed E-state index contributed by atoms with van der Waals surface area (Å²) in [5.74, 6) is -0.469. The molecule has 1 aliphatic rings. The molecule has 58 valence electrons. The van der Waals surface area contributed by atoms with E-state index in [0.717, 1.165) is 6.08 Å². The summed E-state index contributed by atoms with van der Waals surface area (Å²) in [5, 5.41) is 9.70. The molecule has 6 heteroatoms. The summed E-state index contributed by atoms with van der Waals surface area (Å²) >= 11 is 5.27. The van der Waals surface area contributed by atoms with Gasteiger partial charge in [-0.25, -0.2) is 4.99 Å². The predicted octanol–water partition coefficient (Wildman–Crippen LogP) is 0.367. The van der Waals surface area contributed by atoms with E-state index in [9.17, 15) is 14.9 Å². The highest BCUT2D eigenvalue weighted by Crippen LogP contribution is 2.09. The number of carbonyl (C=O) groups is 1. The van der Waals surface area contributed by atoms with Crippen LogP contribution in [0.4, 0.5) is 0 Å². The van der Waals surface area contributed by atoms with E-state index in [-0.39, 0.29) is 10.9 Å². The Bertz CT molecular complexity index is 281. The molecule has 1 heterocycles. The molecule has 0 saturated heterocycles. The number of hydrogen-bond acceptors (Lipinski definition) is 4. The summed E-state index contributed by atoms with van der Waals surface area (Å²) in [6, 6.07) is 0. The minimum absolute atomic E-state index is 0.102.